The molecule has 0 saturated carbocycles. The Kier molecular flexibility index (Phi) is 3.26. The van der Waals surface area contributed by atoms with Crippen LogP contribution in [0.4, 0.5) is 0 Å². The van der Waals surface area contributed by atoms with Crippen molar-refractivity contribution in [1.29, 1.82) is 5.26 Å². The van der Waals surface area contributed by atoms with E-state index in [0.717, 1.165) is 0 Å². The maximum Gasteiger partial charge on any atom is 0.329 e. The molecule has 5 nitrogen and oxygen atoms in total. The predicted octanol–water partition coefficient (Wildman–Crippen LogP) is -0.278. The highest BCUT2D eigenvalue weighted by molar-refractivity contribution is 5.85. The van der Waals surface area contributed by atoms with Gasteiger partial charge in [-0.1, -0.05) is 0 Å². The number of hydrogen-bond donors (Lipinski definition) is 1. The van der Waals surface area contributed by atoms with Crippen molar-refractivity contribution in [3.8, 4) is 6.07 Å². The van der Waals surface area contributed by atoms with E-state index in [1.807, 2.05) is 0 Å². The van der Waals surface area contributed by atoms with E-state index in [1.54, 1.807) is 6.07 Å². The number of esters is 1. The number of piperidine rings is 1. The quantitative estimate of drug-likeness (QED) is 0.596. The van der Waals surface area contributed by atoms with Crippen LogP contribution in [0, 0.1) is 11.3 Å². The topological polar surface area (TPSA) is 79.2 Å². The van der Waals surface area contributed by atoms with E-state index in [0.29, 0.717) is 19.3 Å². The highest BCUT2D eigenvalue weighted by atomic mass is 16.5. The highest BCUT2D eigenvalue weighted by Crippen LogP contribution is 2.09. The summed E-state index contributed by atoms with van der Waals surface area (Å²) in [5.74, 6) is -0.653. The lowest BCUT2D eigenvalue weighted by Gasteiger charge is -2.20. The van der Waals surface area contributed by atoms with Crippen molar-refractivity contribution in [2.45, 2.75) is 25.3 Å². The van der Waals surface area contributed by atoms with Gasteiger partial charge in [-0.25, -0.2) is 4.79 Å². The Morgan fingerprint density at radius 2 is 2.54 bits per heavy atom. The van der Waals surface area contributed by atoms with E-state index in [4.69, 9.17) is 5.26 Å². The number of hydrogen-bond acceptors (Lipinski definition) is 4. The predicted molar refractivity (Wildman–Crippen MR) is 42.4 cm³/mol. The number of carbonyl (C=O) groups excluding carboxylic acids is 2. The first kappa shape index (κ1) is 9.52. The smallest absolute Gasteiger partial charge is 0.329 e. The summed E-state index contributed by atoms with van der Waals surface area (Å²) in [5, 5.41) is 10.7. The Balaban J connectivity index is 2.38. The summed E-state index contributed by atoms with van der Waals surface area (Å²) in [5.41, 5.74) is 0. The summed E-state index contributed by atoms with van der Waals surface area (Å²) in [7, 11) is 0. The van der Waals surface area contributed by atoms with E-state index in [2.05, 4.69) is 10.1 Å². The molecule has 1 saturated heterocycles. The Morgan fingerprint density at radius 3 is 3.15 bits per heavy atom. The van der Waals surface area contributed by atoms with E-state index in [-0.39, 0.29) is 12.5 Å². The van der Waals surface area contributed by atoms with Crippen LogP contribution in [0.25, 0.3) is 0 Å². The Bertz CT molecular complexity index is 257. The third-order valence-corrected chi connectivity index (χ3v) is 1.80. The molecule has 1 unspecified atom stereocenters. The van der Waals surface area contributed by atoms with Gasteiger partial charge >= 0.3 is 5.97 Å². The SMILES string of the molecule is N#CCOC(=O)C1CCCC(=O)N1. The van der Waals surface area contributed by atoms with Gasteiger partial charge in [-0.15, -0.1) is 0 Å². The molecular weight excluding hydrogens is 172 g/mol. The van der Waals surface area contributed by atoms with Gasteiger partial charge < -0.3 is 10.1 Å². The van der Waals surface area contributed by atoms with Crippen LogP contribution >= 0.6 is 0 Å². The second-order valence-corrected chi connectivity index (χ2v) is 2.78. The molecule has 0 radical (unpaired) electrons. The fourth-order valence-corrected chi connectivity index (χ4v) is 1.19. The van der Waals surface area contributed by atoms with Crippen molar-refractivity contribution in [2.75, 3.05) is 6.61 Å². The van der Waals surface area contributed by atoms with Crippen LogP contribution < -0.4 is 5.32 Å². The van der Waals surface area contributed by atoms with Crippen LogP contribution in [0.1, 0.15) is 19.3 Å². The Labute approximate surface area is 75.7 Å². The van der Waals surface area contributed by atoms with E-state index < -0.39 is 12.0 Å². The average Bonchev–Trinajstić information content (AvgIpc) is 2.14. The molecule has 1 aliphatic heterocycles. The number of ether oxygens (including phenoxy) is 1. The summed E-state index contributed by atoms with van der Waals surface area (Å²) in [4.78, 5) is 22.0. The normalized spacial score (nSPS) is 21.5. The molecule has 1 rings (SSSR count). The fraction of sp³-hybridized carbons (Fsp3) is 0.625. The zero-order chi connectivity index (χ0) is 9.68. The van der Waals surface area contributed by atoms with Gasteiger partial charge in [0, 0.05) is 6.42 Å². The molecule has 0 bridgehead atoms. The molecule has 0 aromatic carbocycles. The van der Waals surface area contributed by atoms with Crippen molar-refractivity contribution in [1.82, 2.24) is 5.32 Å². The molecule has 70 valence electrons. The van der Waals surface area contributed by atoms with Crippen molar-refractivity contribution in [3.05, 3.63) is 0 Å². The lowest BCUT2D eigenvalue weighted by Crippen LogP contribution is -2.44. The molecule has 0 aromatic rings. The molecule has 0 aromatic heterocycles. The minimum absolute atomic E-state index is 0.134. The summed E-state index contributed by atoms with van der Waals surface area (Å²) in [6.07, 6.45) is 1.75. The molecule has 5 heteroatoms. The van der Waals surface area contributed by atoms with Crippen LogP contribution in [0.3, 0.4) is 0 Å². The van der Waals surface area contributed by atoms with E-state index >= 15 is 0 Å². The van der Waals surface area contributed by atoms with Gasteiger partial charge in [0.25, 0.3) is 0 Å². The molecule has 0 spiro atoms. The molecule has 1 N–H and O–H groups in total. The number of amides is 1. The fourth-order valence-electron chi connectivity index (χ4n) is 1.19. The molecule has 1 amide bonds. The van der Waals surface area contributed by atoms with E-state index in [1.165, 1.54) is 0 Å². The maximum atomic E-state index is 11.1. The Morgan fingerprint density at radius 1 is 1.77 bits per heavy atom. The van der Waals surface area contributed by atoms with Crippen LogP contribution in [-0.4, -0.2) is 24.5 Å². The van der Waals surface area contributed by atoms with Crippen molar-refractivity contribution >= 4 is 11.9 Å². The zero-order valence-electron chi connectivity index (χ0n) is 7.08. The molecule has 1 heterocycles. The third-order valence-electron chi connectivity index (χ3n) is 1.80. The van der Waals surface area contributed by atoms with Gasteiger partial charge in [-0.2, -0.15) is 5.26 Å². The molecular formula is C8H10N2O3. The first-order valence-corrected chi connectivity index (χ1v) is 4.07. The summed E-state index contributed by atoms with van der Waals surface area (Å²) >= 11 is 0. The number of rotatable bonds is 2. The lowest BCUT2D eigenvalue weighted by atomic mass is 10.0. The molecule has 1 aliphatic rings. The standard InChI is InChI=1S/C8H10N2O3/c9-4-5-13-8(12)6-2-1-3-7(11)10-6/h6H,1-3,5H2,(H,10,11). The lowest BCUT2D eigenvalue weighted by molar-refractivity contribution is -0.147. The second-order valence-electron chi connectivity index (χ2n) is 2.78. The van der Waals surface area contributed by atoms with Gasteiger partial charge in [0.05, 0.1) is 0 Å². The van der Waals surface area contributed by atoms with Crippen LogP contribution in [-0.2, 0) is 14.3 Å². The van der Waals surface area contributed by atoms with Crippen LogP contribution in [0.5, 0.6) is 0 Å². The zero-order valence-corrected chi connectivity index (χ0v) is 7.08. The number of nitrogens with zero attached hydrogens (tertiary/aromatic N) is 1. The van der Waals surface area contributed by atoms with Gasteiger partial charge in [0.1, 0.15) is 12.1 Å². The van der Waals surface area contributed by atoms with Gasteiger partial charge in [-0.3, -0.25) is 4.79 Å². The number of carbonyl (C=O) groups is 2. The molecule has 13 heavy (non-hydrogen) atoms. The summed E-state index contributed by atoms with van der Waals surface area (Å²) in [6.45, 7) is -0.259. The Hall–Kier alpha value is -1.57. The maximum absolute atomic E-state index is 11.1. The first-order valence-electron chi connectivity index (χ1n) is 4.07. The molecule has 0 aliphatic carbocycles. The van der Waals surface area contributed by atoms with Gasteiger partial charge in [0.2, 0.25) is 5.91 Å². The third kappa shape index (κ3) is 2.75. The van der Waals surface area contributed by atoms with Crippen LogP contribution in [0.15, 0.2) is 0 Å². The summed E-state index contributed by atoms with van der Waals surface area (Å²) in [6, 6.07) is 1.13. The van der Waals surface area contributed by atoms with E-state index in [9.17, 15) is 9.59 Å². The molecule has 1 fully saturated rings. The summed E-state index contributed by atoms with van der Waals surface area (Å²) < 4.78 is 4.56. The van der Waals surface area contributed by atoms with Gasteiger partial charge in [0.15, 0.2) is 6.61 Å². The second kappa shape index (κ2) is 4.45. The largest absolute Gasteiger partial charge is 0.449 e. The average molecular weight is 182 g/mol. The minimum atomic E-state index is -0.561. The number of nitriles is 1. The van der Waals surface area contributed by atoms with Gasteiger partial charge in [-0.05, 0) is 12.8 Å². The van der Waals surface area contributed by atoms with Crippen molar-refractivity contribution in [3.63, 3.8) is 0 Å². The van der Waals surface area contributed by atoms with Crippen LogP contribution in [0.2, 0.25) is 0 Å². The highest BCUT2D eigenvalue weighted by Gasteiger charge is 2.25. The number of nitrogens with one attached hydrogen (secondary N) is 1. The minimum Gasteiger partial charge on any atom is -0.449 e. The monoisotopic (exact) mass is 182 g/mol. The first-order chi connectivity index (χ1) is 6.24. The van der Waals surface area contributed by atoms with Crippen molar-refractivity contribution < 1.29 is 14.3 Å². The molecule has 1 atom stereocenters. The van der Waals surface area contributed by atoms with Crippen molar-refractivity contribution in [2.24, 2.45) is 0 Å².